The molecule has 0 aliphatic heterocycles. The van der Waals surface area contributed by atoms with Crippen molar-refractivity contribution in [1.29, 1.82) is 5.26 Å². The molecule has 0 atom stereocenters. The van der Waals surface area contributed by atoms with Crippen LogP contribution in [0.3, 0.4) is 0 Å². The summed E-state index contributed by atoms with van der Waals surface area (Å²) >= 11 is 0. The van der Waals surface area contributed by atoms with Gasteiger partial charge in [-0.1, -0.05) is 0 Å². The Kier molecular flexibility index (Phi) is 2.57. The van der Waals surface area contributed by atoms with Crippen molar-refractivity contribution in [3.05, 3.63) is 0 Å². The minimum absolute atomic E-state index is 0.383. The van der Waals surface area contributed by atoms with E-state index in [0.29, 0.717) is 10.8 Å². The monoisotopic (exact) mass is 109 g/mol. The van der Waals surface area contributed by atoms with Crippen molar-refractivity contribution in [2.45, 2.75) is 6.42 Å². The lowest BCUT2D eigenvalue weighted by Crippen LogP contribution is -2.36. The van der Waals surface area contributed by atoms with Gasteiger partial charge in [0.15, 0.2) is 0 Å². The van der Waals surface area contributed by atoms with E-state index < -0.39 is 0 Å². The van der Waals surface area contributed by atoms with Gasteiger partial charge in [0.2, 0.25) is 0 Å². The largest absolute Gasteiger partial charge is 0.480 e. The Morgan fingerprint density at radius 2 is 2.12 bits per heavy atom. The first kappa shape index (κ1) is 7.51. The van der Waals surface area contributed by atoms with Crippen molar-refractivity contribution >= 4 is 7.98 Å². The second-order valence-corrected chi connectivity index (χ2v) is 2.41. The van der Waals surface area contributed by atoms with Crippen molar-refractivity contribution in [3.8, 4) is 6.07 Å². The Morgan fingerprint density at radius 3 is 2.25 bits per heavy atom. The fraction of sp³-hybridized carbons (Fsp3) is 0.800. The second kappa shape index (κ2) is 2.73. The Balaban J connectivity index is 3.28. The number of nitrogens with zero attached hydrogens (tertiary/aromatic N) is 2. The number of rotatable bonds is 2. The van der Waals surface area contributed by atoms with Crippen molar-refractivity contribution in [3.63, 3.8) is 0 Å². The van der Waals surface area contributed by atoms with E-state index >= 15 is 0 Å². The molecule has 0 bridgehead atoms. The molecule has 2 radical (unpaired) electrons. The Bertz CT molecular complexity index is 98.0. The zero-order valence-electron chi connectivity index (χ0n) is 5.39. The summed E-state index contributed by atoms with van der Waals surface area (Å²) < 4.78 is 0.383. The van der Waals surface area contributed by atoms with Crippen LogP contribution in [-0.4, -0.2) is 33.0 Å². The zero-order chi connectivity index (χ0) is 6.62. The van der Waals surface area contributed by atoms with Crippen molar-refractivity contribution in [2.24, 2.45) is 0 Å². The van der Waals surface area contributed by atoms with Gasteiger partial charge in [0.05, 0.1) is 19.0 Å². The molecule has 0 aliphatic rings. The van der Waals surface area contributed by atoms with E-state index in [9.17, 15) is 0 Å². The molecule has 0 heterocycles. The van der Waals surface area contributed by atoms with Crippen LogP contribution in [-0.2, 0) is 0 Å². The first-order valence-electron chi connectivity index (χ1n) is 2.55. The van der Waals surface area contributed by atoms with Crippen LogP contribution in [0.5, 0.6) is 0 Å². The average molecular weight is 109 g/mol. The van der Waals surface area contributed by atoms with E-state index in [1.807, 2.05) is 20.2 Å². The van der Waals surface area contributed by atoms with Crippen LogP contribution in [0.1, 0.15) is 6.42 Å². The zero-order valence-corrected chi connectivity index (χ0v) is 5.39. The molecule has 0 rings (SSSR count). The molecule has 0 amide bonds. The predicted octanol–water partition coefficient (Wildman–Crippen LogP) is 0.0600. The third-order valence-electron chi connectivity index (χ3n) is 0.800. The highest BCUT2D eigenvalue weighted by Crippen LogP contribution is 1.89. The Morgan fingerprint density at radius 1 is 1.62 bits per heavy atom. The molecule has 0 spiro atoms. The molecular formula is C5H10BN2+. The summed E-state index contributed by atoms with van der Waals surface area (Å²) in [6.07, 6.45) is 0.531. The number of hydrogen-bond donors (Lipinski definition) is 0. The summed E-state index contributed by atoms with van der Waals surface area (Å²) in [5.41, 5.74) is 0. The summed E-state index contributed by atoms with van der Waals surface area (Å²) in [5, 5.41) is 8.11. The maximum atomic E-state index is 8.11. The van der Waals surface area contributed by atoms with E-state index in [-0.39, 0.29) is 0 Å². The van der Waals surface area contributed by atoms with Crippen LogP contribution in [0, 0.1) is 11.3 Å². The molecule has 2 nitrogen and oxygen atoms in total. The third kappa shape index (κ3) is 5.51. The third-order valence-corrected chi connectivity index (χ3v) is 0.800. The molecule has 0 unspecified atom stereocenters. The normalized spacial score (nSPS) is 10.6. The summed E-state index contributed by atoms with van der Waals surface area (Å²) in [4.78, 5) is 0. The topological polar surface area (TPSA) is 23.8 Å². The quantitative estimate of drug-likeness (QED) is 0.460. The molecule has 0 saturated heterocycles. The van der Waals surface area contributed by atoms with Crippen LogP contribution in [0.2, 0.25) is 0 Å². The maximum Gasteiger partial charge on any atom is 0.480 e. The van der Waals surface area contributed by atoms with Gasteiger partial charge in [0, 0.05) is 14.1 Å². The van der Waals surface area contributed by atoms with Gasteiger partial charge in [-0.05, 0) is 0 Å². The molecule has 42 valence electrons. The SMILES string of the molecule is [B][N+](C)(C)CCC#N. The van der Waals surface area contributed by atoms with Gasteiger partial charge in [-0.2, -0.15) is 5.26 Å². The maximum absolute atomic E-state index is 8.11. The van der Waals surface area contributed by atoms with Gasteiger partial charge < -0.3 is 4.39 Å². The fourth-order valence-corrected chi connectivity index (χ4v) is 0.338. The number of hydrogen-bond acceptors (Lipinski definition) is 1. The Hall–Kier alpha value is -0.485. The summed E-state index contributed by atoms with van der Waals surface area (Å²) in [5.74, 6) is 0. The summed E-state index contributed by atoms with van der Waals surface area (Å²) in [6.45, 7) is 0.719. The number of quaternary nitrogens is 1. The van der Waals surface area contributed by atoms with Crippen molar-refractivity contribution in [1.82, 2.24) is 0 Å². The summed E-state index contributed by atoms with van der Waals surface area (Å²) in [6, 6.07) is 2.03. The smallest absolute Gasteiger partial charge is 0.401 e. The van der Waals surface area contributed by atoms with Crippen LogP contribution in [0.25, 0.3) is 0 Å². The molecule has 0 saturated carbocycles. The molecule has 0 aromatic heterocycles. The van der Waals surface area contributed by atoms with Crippen LogP contribution in [0.4, 0.5) is 0 Å². The Labute approximate surface area is 51.7 Å². The number of nitriles is 1. The lowest BCUT2D eigenvalue weighted by Gasteiger charge is -2.22. The molecule has 3 heteroatoms. The highest BCUT2D eigenvalue weighted by Gasteiger charge is 2.04. The van der Waals surface area contributed by atoms with Gasteiger partial charge in [0.25, 0.3) is 0 Å². The molecule has 0 aliphatic carbocycles. The average Bonchev–Trinajstić information content (AvgIpc) is 1.59. The highest BCUT2D eigenvalue weighted by molar-refractivity contribution is 5.97. The van der Waals surface area contributed by atoms with Gasteiger partial charge in [-0.3, -0.25) is 0 Å². The van der Waals surface area contributed by atoms with Gasteiger partial charge in [0.1, 0.15) is 0 Å². The van der Waals surface area contributed by atoms with Crippen molar-refractivity contribution < 1.29 is 4.39 Å². The minimum atomic E-state index is 0.383. The standard InChI is InChI=1S/C5H10BN2/c1-8(2,6)5-3-4-7/h3,5H2,1-2H3/q+1. The minimum Gasteiger partial charge on any atom is -0.401 e. The fourth-order valence-electron chi connectivity index (χ4n) is 0.338. The van der Waals surface area contributed by atoms with E-state index in [4.69, 9.17) is 13.2 Å². The molecule has 8 heavy (non-hydrogen) atoms. The molecule has 0 fully saturated rings. The van der Waals surface area contributed by atoms with Crippen LogP contribution in [0.15, 0.2) is 0 Å². The van der Waals surface area contributed by atoms with E-state index in [2.05, 4.69) is 0 Å². The first-order chi connectivity index (χ1) is 3.56. The van der Waals surface area contributed by atoms with E-state index in [1.54, 1.807) is 0 Å². The first-order valence-corrected chi connectivity index (χ1v) is 2.55. The predicted molar refractivity (Wildman–Crippen MR) is 33.0 cm³/mol. The molecular weight excluding hydrogens is 98.9 g/mol. The van der Waals surface area contributed by atoms with Gasteiger partial charge >= 0.3 is 7.98 Å². The lowest BCUT2D eigenvalue weighted by molar-refractivity contribution is -0.772. The molecule has 0 N–H and O–H groups in total. The molecule has 0 aromatic rings. The van der Waals surface area contributed by atoms with Crippen LogP contribution < -0.4 is 0 Å². The van der Waals surface area contributed by atoms with E-state index in [0.717, 1.165) is 6.54 Å². The van der Waals surface area contributed by atoms with E-state index in [1.165, 1.54) is 0 Å². The summed E-state index contributed by atoms with van der Waals surface area (Å²) in [7, 11) is 9.22. The highest BCUT2D eigenvalue weighted by atomic mass is 15.2. The van der Waals surface area contributed by atoms with Gasteiger partial charge in [-0.15, -0.1) is 0 Å². The van der Waals surface area contributed by atoms with Gasteiger partial charge in [-0.25, -0.2) is 0 Å². The second-order valence-electron chi connectivity index (χ2n) is 2.41. The lowest BCUT2D eigenvalue weighted by atomic mass is 10.2. The molecule has 0 aromatic carbocycles. The van der Waals surface area contributed by atoms with Crippen LogP contribution >= 0.6 is 0 Å². The van der Waals surface area contributed by atoms with Crippen molar-refractivity contribution in [2.75, 3.05) is 20.6 Å².